The molecule has 2 N–H and O–H groups in total. The third kappa shape index (κ3) is 4.81. The Hall–Kier alpha value is -1.89. The highest BCUT2D eigenvalue weighted by atomic mass is 35.5. The van der Waals surface area contributed by atoms with Crippen molar-refractivity contribution in [2.24, 2.45) is 0 Å². The summed E-state index contributed by atoms with van der Waals surface area (Å²) in [5.41, 5.74) is 1.57. The van der Waals surface area contributed by atoms with Gasteiger partial charge in [-0.2, -0.15) is 0 Å². The maximum atomic E-state index is 12.3. The van der Waals surface area contributed by atoms with Crippen molar-refractivity contribution in [2.45, 2.75) is 25.4 Å². The number of nitrogens with zero attached hydrogens (tertiary/aromatic N) is 1. The highest BCUT2D eigenvalue weighted by molar-refractivity contribution is 7.18. The minimum absolute atomic E-state index is 0.0666. The summed E-state index contributed by atoms with van der Waals surface area (Å²) in [4.78, 5) is 26.7. The maximum Gasteiger partial charge on any atom is 0.265 e. The normalized spacial score (nSPS) is 15.2. The van der Waals surface area contributed by atoms with E-state index < -0.39 is 0 Å². The molecule has 1 aliphatic heterocycles. The first-order valence-corrected chi connectivity index (χ1v) is 9.32. The van der Waals surface area contributed by atoms with Crippen molar-refractivity contribution in [3.05, 3.63) is 51.2 Å². The molecule has 2 aromatic rings. The first-order valence-electron chi connectivity index (χ1n) is 8.13. The third-order valence-electron chi connectivity index (χ3n) is 4.18. The fraction of sp³-hybridized carbons (Fsp3) is 0.333. The van der Waals surface area contributed by atoms with Crippen molar-refractivity contribution >= 4 is 40.4 Å². The first-order chi connectivity index (χ1) is 12.0. The van der Waals surface area contributed by atoms with Gasteiger partial charge < -0.3 is 15.3 Å². The Morgan fingerprint density at radius 2 is 1.84 bits per heavy atom. The number of aliphatic hydroxyl groups excluding tert-OH is 1. The number of hydrogen-bond donors (Lipinski definition) is 2. The quantitative estimate of drug-likeness (QED) is 0.858. The van der Waals surface area contributed by atoms with E-state index in [1.807, 2.05) is 12.1 Å². The maximum absolute atomic E-state index is 12.3. The van der Waals surface area contributed by atoms with Crippen LogP contribution in [-0.2, 0) is 11.2 Å². The van der Waals surface area contributed by atoms with Crippen LogP contribution in [0, 0.1) is 0 Å². The van der Waals surface area contributed by atoms with Gasteiger partial charge in [-0.25, -0.2) is 0 Å². The Bertz CT molecular complexity index is 752. The molecule has 3 rings (SSSR count). The zero-order valence-corrected chi connectivity index (χ0v) is 15.1. The van der Waals surface area contributed by atoms with Gasteiger partial charge in [0.05, 0.1) is 21.7 Å². The molecule has 2 heterocycles. The third-order valence-corrected chi connectivity index (χ3v) is 5.41. The van der Waals surface area contributed by atoms with Gasteiger partial charge in [0.15, 0.2) is 0 Å². The standard InChI is InChI=1S/C18H19ClN2O3S/c19-16-6-5-15(25-16)18(24)20-13-3-1-12(2-4-13)11-17(23)21-9-7-14(22)8-10-21/h1-6,14,22H,7-11H2,(H,20,24). The fourth-order valence-corrected chi connectivity index (χ4v) is 3.67. The molecule has 25 heavy (non-hydrogen) atoms. The lowest BCUT2D eigenvalue weighted by Gasteiger charge is -2.29. The molecule has 1 aliphatic rings. The van der Waals surface area contributed by atoms with Crippen LogP contribution in [0.1, 0.15) is 28.1 Å². The lowest BCUT2D eigenvalue weighted by atomic mass is 10.1. The van der Waals surface area contributed by atoms with E-state index >= 15 is 0 Å². The molecule has 1 aromatic carbocycles. The highest BCUT2D eigenvalue weighted by Gasteiger charge is 2.21. The second kappa shape index (κ2) is 7.99. The number of rotatable bonds is 4. The van der Waals surface area contributed by atoms with Crippen LogP contribution in [0.15, 0.2) is 36.4 Å². The van der Waals surface area contributed by atoms with Crippen LogP contribution in [0.5, 0.6) is 0 Å². The molecule has 0 unspecified atom stereocenters. The SMILES string of the molecule is O=C(Nc1ccc(CC(=O)N2CCC(O)CC2)cc1)c1ccc(Cl)s1. The van der Waals surface area contributed by atoms with Crippen molar-refractivity contribution in [1.29, 1.82) is 0 Å². The number of likely N-dealkylation sites (tertiary alicyclic amines) is 1. The summed E-state index contributed by atoms with van der Waals surface area (Å²) in [6.45, 7) is 1.22. The number of anilines is 1. The van der Waals surface area contributed by atoms with E-state index in [0.29, 0.717) is 47.3 Å². The molecule has 0 spiro atoms. The Balaban J connectivity index is 1.55. The van der Waals surface area contributed by atoms with Crippen LogP contribution in [-0.4, -0.2) is 41.0 Å². The Kier molecular flexibility index (Phi) is 5.73. The van der Waals surface area contributed by atoms with Crippen LogP contribution in [0.25, 0.3) is 0 Å². The van der Waals surface area contributed by atoms with Crippen LogP contribution in [0.3, 0.4) is 0 Å². The monoisotopic (exact) mass is 378 g/mol. The predicted molar refractivity (Wildman–Crippen MR) is 99.2 cm³/mol. The second-order valence-electron chi connectivity index (χ2n) is 6.04. The number of thiophene rings is 1. The van der Waals surface area contributed by atoms with Crippen LogP contribution in [0.4, 0.5) is 5.69 Å². The van der Waals surface area contributed by atoms with Crippen LogP contribution >= 0.6 is 22.9 Å². The molecule has 7 heteroatoms. The summed E-state index contributed by atoms with van der Waals surface area (Å²) in [6, 6.07) is 10.6. The van der Waals surface area contributed by atoms with Crippen molar-refractivity contribution in [1.82, 2.24) is 4.90 Å². The predicted octanol–water partition coefficient (Wildman–Crippen LogP) is 3.18. The van der Waals surface area contributed by atoms with Crippen molar-refractivity contribution in [3.63, 3.8) is 0 Å². The van der Waals surface area contributed by atoms with E-state index in [2.05, 4.69) is 5.32 Å². The minimum Gasteiger partial charge on any atom is -0.393 e. The summed E-state index contributed by atoms with van der Waals surface area (Å²) in [7, 11) is 0. The fourth-order valence-electron chi connectivity index (χ4n) is 2.74. The molecule has 0 radical (unpaired) electrons. The van der Waals surface area contributed by atoms with Crippen LogP contribution < -0.4 is 5.32 Å². The van der Waals surface area contributed by atoms with Gasteiger partial charge in [0.25, 0.3) is 5.91 Å². The smallest absolute Gasteiger partial charge is 0.265 e. The number of carbonyl (C=O) groups excluding carboxylic acids is 2. The topological polar surface area (TPSA) is 69.6 Å². The van der Waals surface area contributed by atoms with Crippen molar-refractivity contribution in [3.8, 4) is 0 Å². The first kappa shape index (κ1) is 17.9. The lowest BCUT2D eigenvalue weighted by Crippen LogP contribution is -2.40. The number of amides is 2. The van der Waals surface area contributed by atoms with Gasteiger partial charge >= 0.3 is 0 Å². The summed E-state index contributed by atoms with van der Waals surface area (Å²) in [5.74, 6) is -0.135. The molecule has 1 saturated heterocycles. The lowest BCUT2D eigenvalue weighted by molar-refractivity contribution is -0.132. The minimum atomic E-state index is -0.287. The van der Waals surface area contributed by atoms with Gasteiger partial charge in [0.1, 0.15) is 0 Å². The van der Waals surface area contributed by atoms with E-state index in [-0.39, 0.29) is 17.9 Å². The van der Waals surface area contributed by atoms with Crippen molar-refractivity contribution in [2.75, 3.05) is 18.4 Å². The second-order valence-corrected chi connectivity index (χ2v) is 7.76. The number of nitrogens with one attached hydrogen (secondary N) is 1. The number of piperidine rings is 1. The number of carbonyl (C=O) groups is 2. The van der Waals surface area contributed by atoms with Gasteiger partial charge in [-0.15, -0.1) is 11.3 Å². The number of aliphatic hydroxyl groups is 1. The molecule has 132 valence electrons. The zero-order chi connectivity index (χ0) is 17.8. The molecule has 2 amide bonds. The van der Waals surface area contributed by atoms with Crippen LogP contribution in [0.2, 0.25) is 4.34 Å². The van der Waals surface area contributed by atoms with Crippen molar-refractivity contribution < 1.29 is 14.7 Å². The van der Waals surface area contributed by atoms with Gasteiger partial charge in [0, 0.05) is 18.8 Å². The average molecular weight is 379 g/mol. The Labute approximate surface area is 155 Å². The van der Waals surface area contributed by atoms with E-state index in [1.54, 1.807) is 29.2 Å². The van der Waals surface area contributed by atoms with E-state index in [4.69, 9.17) is 11.6 Å². The molecule has 0 atom stereocenters. The number of hydrogen-bond acceptors (Lipinski definition) is 4. The molecular formula is C18H19ClN2O3S. The molecule has 5 nitrogen and oxygen atoms in total. The average Bonchev–Trinajstić information content (AvgIpc) is 3.04. The molecule has 0 saturated carbocycles. The molecular weight excluding hydrogens is 360 g/mol. The summed E-state index contributed by atoms with van der Waals surface area (Å²) >= 11 is 7.07. The summed E-state index contributed by atoms with van der Waals surface area (Å²) in [5, 5.41) is 12.3. The van der Waals surface area contributed by atoms with Gasteiger partial charge in [-0.1, -0.05) is 23.7 Å². The molecule has 1 fully saturated rings. The summed E-state index contributed by atoms with van der Waals surface area (Å²) in [6.07, 6.45) is 1.32. The van der Waals surface area contributed by atoms with Gasteiger partial charge in [-0.05, 0) is 42.7 Å². The van der Waals surface area contributed by atoms with E-state index in [1.165, 1.54) is 11.3 Å². The highest BCUT2D eigenvalue weighted by Crippen LogP contribution is 2.22. The molecule has 0 aliphatic carbocycles. The van der Waals surface area contributed by atoms with E-state index in [9.17, 15) is 14.7 Å². The number of halogens is 1. The van der Waals surface area contributed by atoms with E-state index in [0.717, 1.165) is 5.56 Å². The summed E-state index contributed by atoms with van der Waals surface area (Å²) < 4.78 is 0.573. The largest absolute Gasteiger partial charge is 0.393 e. The zero-order valence-electron chi connectivity index (χ0n) is 13.6. The van der Waals surface area contributed by atoms with Gasteiger partial charge in [-0.3, -0.25) is 9.59 Å². The number of benzene rings is 1. The Morgan fingerprint density at radius 3 is 2.44 bits per heavy atom. The van der Waals surface area contributed by atoms with Gasteiger partial charge in [0.2, 0.25) is 5.91 Å². The molecule has 0 bridgehead atoms. The molecule has 1 aromatic heterocycles. The Morgan fingerprint density at radius 1 is 1.16 bits per heavy atom.